The highest BCUT2D eigenvalue weighted by molar-refractivity contribution is 5.74. The first kappa shape index (κ1) is 12.0. The third-order valence-corrected chi connectivity index (χ3v) is 5.35. The summed E-state index contributed by atoms with van der Waals surface area (Å²) >= 11 is 0. The number of benzene rings is 1. The molecule has 22 heavy (non-hydrogen) atoms. The normalized spacial score (nSPS) is 32.5. The largest absolute Gasteiger partial charge is 0.0687 e. The molecule has 5 rings (SSSR count). The molecular formula is C22H16. The van der Waals surface area contributed by atoms with Gasteiger partial charge >= 0.3 is 0 Å². The predicted molar refractivity (Wildman–Crippen MR) is 92.2 cm³/mol. The van der Waals surface area contributed by atoms with E-state index in [0.717, 1.165) is 0 Å². The number of hydrogen-bond donors (Lipinski definition) is 0. The van der Waals surface area contributed by atoms with Crippen LogP contribution in [-0.2, 0) is 0 Å². The van der Waals surface area contributed by atoms with Crippen LogP contribution in [0, 0.1) is 10.8 Å². The van der Waals surface area contributed by atoms with Gasteiger partial charge in [-0.05, 0) is 27.7 Å². The highest BCUT2D eigenvalue weighted by Crippen LogP contribution is 2.59. The molecule has 1 aromatic carbocycles. The quantitative estimate of drug-likeness (QED) is 0.683. The second-order valence-corrected chi connectivity index (χ2v) is 6.34. The Kier molecular flexibility index (Phi) is 2.17. The summed E-state index contributed by atoms with van der Waals surface area (Å²) in [5.41, 5.74) is 2.53. The molecule has 2 spiro atoms. The van der Waals surface area contributed by atoms with Gasteiger partial charge in [0.05, 0.1) is 0 Å². The average molecular weight is 280 g/mol. The molecule has 0 saturated carbocycles. The summed E-state index contributed by atoms with van der Waals surface area (Å²) in [6.45, 7) is 0. The standard InChI is InChI=1S/C22H16/c1-2-8-18-16-22-14-6-5-13-21(22)12-4-3-9-19(21)10-11-20(22)15-17(18)7-1/h1-16H. The Bertz CT molecular complexity index is 965. The fraction of sp³-hybridized carbons (Fsp3) is 0.0909. The minimum atomic E-state index is -0.110. The van der Waals surface area contributed by atoms with Crippen LogP contribution in [-0.4, -0.2) is 0 Å². The first-order valence-corrected chi connectivity index (χ1v) is 7.80. The van der Waals surface area contributed by atoms with Crippen LogP contribution in [0.4, 0.5) is 0 Å². The first-order chi connectivity index (χ1) is 10.8. The molecule has 0 amide bonds. The molecular weight excluding hydrogens is 264 g/mol. The van der Waals surface area contributed by atoms with Crippen LogP contribution in [0.1, 0.15) is 0 Å². The molecule has 0 heteroatoms. The Morgan fingerprint density at radius 1 is 0.636 bits per heavy atom. The lowest BCUT2D eigenvalue weighted by atomic mass is 9.51. The Hall–Kier alpha value is -2.60. The van der Waals surface area contributed by atoms with Gasteiger partial charge in [0.2, 0.25) is 0 Å². The van der Waals surface area contributed by atoms with Crippen LogP contribution in [0.15, 0.2) is 96.2 Å². The zero-order valence-corrected chi connectivity index (χ0v) is 12.2. The van der Waals surface area contributed by atoms with Crippen molar-refractivity contribution < 1.29 is 0 Å². The maximum atomic E-state index is 2.45. The molecule has 2 unspecified atom stereocenters. The summed E-state index contributed by atoms with van der Waals surface area (Å²) in [5.74, 6) is 0. The summed E-state index contributed by atoms with van der Waals surface area (Å²) in [6.07, 6.45) is 27.3. The van der Waals surface area contributed by atoms with Crippen molar-refractivity contribution in [3.05, 3.63) is 107 Å². The van der Waals surface area contributed by atoms with Crippen molar-refractivity contribution in [2.75, 3.05) is 0 Å². The van der Waals surface area contributed by atoms with E-state index in [2.05, 4.69) is 97.2 Å². The molecule has 0 heterocycles. The van der Waals surface area contributed by atoms with Gasteiger partial charge in [-0.3, -0.25) is 0 Å². The van der Waals surface area contributed by atoms with Gasteiger partial charge in [-0.25, -0.2) is 0 Å². The highest BCUT2D eigenvalue weighted by atomic mass is 14.5. The fourth-order valence-electron chi connectivity index (χ4n) is 4.27. The summed E-state index contributed by atoms with van der Waals surface area (Å²) in [6, 6.07) is 8.66. The topological polar surface area (TPSA) is 0 Å². The van der Waals surface area contributed by atoms with E-state index in [4.69, 9.17) is 0 Å². The van der Waals surface area contributed by atoms with Crippen LogP contribution in [0.5, 0.6) is 0 Å². The molecule has 1 aromatic rings. The third kappa shape index (κ3) is 1.28. The molecule has 2 atom stereocenters. The van der Waals surface area contributed by atoms with Crippen LogP contribution in [0.25, 0.3) is 12.2 Å². The fourth-order valence-corrected chi connectivity index (χ4v) is 4.27. The van der Waals surface area contributed by atoms with Crippen molar-refractivity contribution in [2.24, 2.45) is 10.8 Å². The van der Waals surface area contributed by atoms with Crippen LogP contribution < -0.4 is 10.4 Å². The van der Waals surface area contributed by atoms with Crippen molar-refractivity contribution >= 4 is 12.2 Å². The number of allylic oxidation sites excluding steroid dienone is 12. The number of fused-ring (bicyclic) bond motifs is 1. The Morgan fingerprint density at radius 2 is 1.32 bits per heavy atom. The van der Waals surface area contributed by atoms with Gasteiger partial charge in [-0.2, -0.15) is 0 Å². The van der Waals surface area contributed by atoms with E-state index in [9.17, 15) is 0 Å². The summed E-state index contributed by atoms with van der Waals surface area (Å²) in [5, 5.41) is 2.63. The van der Waals surface area contributed by atoms with Gasteiger partial charge < -0.3 is 0 Å². The van der Waals surface area contributed by atoms with Crippen molar-refractivity contribution in [3.8, 4) is 0 Å². The minimum absolute atomic E-state index is 0.0926. The smallest absolute Gasteiger partial charge is 0.0491 e. The summed E-state index contributed by atoms with van der Waals surface area (Å²) < 4.78 is 0. The Morgan fingerprint density at radius 3 is 2.18 bits per heavy atom. The molecule has 104 valence electrons. The SMILES string of the molecule is C1=CC2=CC=C3C=c4ccccc4=CC34C=CC=CC24C=C1. The molecule has 4 aliphatic rings. The molecule has 0 N–H and O–H groups in total. The van der Waals surface area contributed by atoms with E-state index in [1.165, 1.54) is 21.6 Å². The second-order valence-electron chi connectivity index (χ2n) is 6.34. The molecule has 0 bridgehead atoms. The highest BCUT2D eigenvalue weighted by Gasteiger charge is 2.51. The van der Waals surface area contributed by atoms with Crippen LogP contribution >= 0.6 is 0 Å². The maximum Gasteiger partial charge on any atom is 0.0491 e. The van der Waals surface area contributed by atoms with E-state index in [1.54, 1.807) is 0 Å². The van der Waals surface area contributed by atoms with Crippen molar-refractivity contribution in [1.82, 2.24) is 0 Å². The van der Waals surface area contributed by atoms with Gasteiger partial charge in [-0.15, -0.1) is 0 Å². The van der Waals surface area contributed by atoms with Crippen molar-refractivity contribution in [3.63, 3.8) is 0 Å². The molecule has 0 radical (unpaired) electrons. The molecule has 0 fully saturated rings. The maximum absolute atomic E-state index is 2.45. The Balaban J connectivity index is 1.93. The zero-order chi connectivity index (χ0) is 14.6. The molecule has 0 aromatic heterocycles. The molecule has 4 aliphatic carbocycles. The Labute approximate surface area is 130 Å². The molecule has 0 saturated heterocycles. The first-order valence-electron chi connectivity index (χ1n) is 7.80. The van der Waals surface area contributed by atoms with Gasteiger partial charge in [0.15, 0.2) is 0 Å². The summed E-state index contributed by atoms with van der Waals surface area (Å²) in [4.78, 5) is 0. The van der Waals surface area contributed by atoms with Crippen LogP contribution in [0.3, 0.4) is 0 Å². The summed E-state index contributed by atoms with van der Waals surface area (Å²) in [7, 11) is 0. The van der Waals surface area contributed by atoms with Gasteiger partial charge in [0.1, 0.15) is 0 Å². The number of hydrogen-bond acceptors (Lipinski definition) is 0. The monoisotopic (exact) mass is 280 g/mol. The lowest BCUT2D eigenvalue weighted by molar-refractivity contribution is 0.390. The average Bonchev–Trinajstić information content (AvgIpc) is 2.57. The van der Waals surface area contributed by atoms with Crippen LogP contribution in [0.2, 0.25) is 0 Å². The van der Waals surface area contributed by atoms with E-state index in [-0.39, 0.29) is 10.8 Å². The minimum Gasteiger partial charge on any atom is -0.0687 e. The van der Waals surface area contributed by atoms with Crippen molar-refractivity contribution in [1.29, 1.82) is 0 Å². The number of rotatable bonds is 0. The van der Waals surface area contributed by atoms with E-state index in [1.807, 2.05) is 0 Å². The van der Waals surface area contributed by atoms with Gasteiger partial charge in [-0.1, -0.05) is 91.1 Å². The molecule has 0 nitrogen and oxygen atoms in total. The van der Waals surface area contributed by atoms with E-state index < -0.39 is 0 Å². The zero-order valence-electron chi connectivity index (χ0n) is 12.2. The van der Waals surface area contributed by atoms with Crippen molar-refractivity contribution in [2.45, 2.75) is 0 Å². The van der Waals surface area contributed by atoms with E-state index >= 15 is 0 Å². The molecule has 0 aliphatic heterocycles. The van der Waals surface area contributed by atoms with Gasteiger partial charge in [0, 0.05) is 10.8 Å². The van der Waals surface area contributed by atoms with E-state index in [0.29, 0.717) is 0 Å². The lowest BCUT2D eigenvalue weighted by Gasteiger charge is -2.51. The second kappa shape index (κ2) is 3.98. The predicted octanol–water partition coefficient (Wildman–Crippen LogP) is 3.35. The van der Waals surface area contributed by atoms with Gasteiger partial charge in [0.25, 0.3) is 0 Å². The third-order valence-electron chi connectivity index (χ3n) is 5.35. The lowest BCUT2D eigenvalue weighted by Crippen LogP contribution is -2.47.